The van der Waals surface area contributed by atoms with Crippen LogP contribution in [0.25, 0.3) is 0 Å². The normalized spacial score (nSPS) is 41.6. The molecule has 10 rings (SSSR count). The fourth-order valence-electron chi connectivity index (χ4n) is 14.2. The van der Waals surface area contributed by atoms with E-state index in [0.29, 0.717) is 58.0 Å². The molecule has 8 unspecified atom stereocenters. The quantitative estimate of drug-likeness (QED) is 0.145. The van der Waals surface area contributed by atoms with Crippen LogP contribution < -0.4 is 0 Å². The van der Waals surface area contributed by atoms with Gasteiger partial charge in [-0.05, 0) is 162 Å². The van der Waals surface area contributed by atoms with E-state index in [2.05, 4.69) is 0 Å². The van der Waals surface area contributed by atoms with Gasteiger partial charge in [0.1, 0.15) is 16.8 Å². The Morgan fingerprint density at radius 1 is 0.741 bits per heavy atom. The number of hydrogen-bond acceptors (Lipinski definition) is 12. The number of ether oxygens (including phenoxy) is 6. The summed E-state index contributed by atoms with van der Waals surface area (Å²) < 4.78 is 36.6. The van der Waals surface area contributed by atoms with Crippen LogP contribution in [0.3, 0.4) is 0 Å². The van der Waals surface area contributed by atoms with Crippen molar-refractivity contribution in [2.75, 3.05) is 6.61 Å². The maximum atomic E-state index is 15.0. The minimum atomic E-state index is -1.36. The molecule has 58 heavy (non-hydrogen) atoms. The van der Waals surface area contributed by atoms with Crippen LogP contribution in [0.15, 0.2) is 0 Å². The third-order valence-corrected chi connectivity index (χ3v) is 16.1. The first-order valence-corrected chi connectivity index (χ1v) is 22.4. The number of aliphatic hydroxyl groups is 1. The van der Waals surface area contributed by atoms with E-state index >= 15 is 4.79 Å². The van der Waals surface area contributed by atoms with Crippen molar-refractivity contribution in [1.82, 2.24) is 0 Å². The van der Waals surface area contributed by atoms with Crippen LogP contribution in [0.4, 0.5) is 0 Å². The molecule has 2 heterocycles. The number of carbonyl (C=O) groups excluding carboxylic acids is 5. The number of carbonyl (C=O) groups is 5. The summed E-state index contributed by atoms with van der Waals surface area (Å²) in [6, 6.07) is 0. The fourth-order valence-corrected chi connectivity index (χ4v) is 14.2. The summed E-state index contributed by atoms with van der Waals surface area (Å²) in [4.78, 5) is 70.1. The number of esters is 5. The Balaban J connectivity index is 1.04. The highest BCUT2D eigenvalue weighted by Gasteiger charge is 2.65. The van der Waals surface area contributed by atoms with Crippen LogP contribution in [0.1, 0.15) is 170 Å². The molecule has 12 nitrogen and oxygen atoms in total. The van der Waals surface area contributed by atoms with Crippen molar-refractivity contribution in [1.29, 1.82) is 0 Å². The summed E-state index contributed by atoms with van der Waals surface area (Å²) in [6.07, 6.45) is 10.1. The molecule has 8 saturated carbocycles. The average molecular weight is 813 g/mol. The lowest BCUT2D eigenvalue weighted by atomic mass is 9.48. The molecule has 8 atom stereocenters. The molecule has 0 aromatic carbocycles. The number of rotatable bonds is 13. The van der Waals surface area contributed by atoms with Gasteiger partial charge in [0.15, 0.2) is 6.10 Å². The summed E-state index contributed by atoms with van der Waals surface area (Å²) >= 11 is 0. The Labute approximate surface area is 343 Å². The van der Waals surface area contributed by atoms with Crippen LogP contribution in [0, 0.1) is 45.3 Å². The number of hydrogen-bond donors (Lipinski definition) is 1. The molecule has 324 valence electrons. The van der Waals surface area contributed by atoms with E-state index in [1.807, 2.05) is 13.8 Å². The van der Waals surface area contributed by atoms with Crippen LogP contribution in [0.5, 0.6) is 0 Å². The lowest BCUT2D eigenvalue weighted by molar-refractivity contribution is -0.234. The molecule has 10 aliphatic rings. The Morgan fingerprint density at radius 3 is 1.83 bits per heavy atom. The smallest absolute Gasteiger partial charge is 0.314 e. The van der Waals surface area contributed by atoms with Gasteiger partial charge in [0.05, 0.1) is 40.3 Å². The molecule has 0 aromatic heterocycles. The van der Waals surface area contributed by atoms with Crippen molar-refractivity contribution < 1.29 is 57.5 Å². The molecule has 10 fully saturated rings. The van der Waals surface area contributed by atoms with Gasteiger partial charge >= 0.3 is 29.8 Å². The van der Waals surface area contributed by atoms with E-state index < -0.39 is 80.3 Å². The van der Waals surface area contributed by atoms with Crippen molar-refractivity contribution in [2.45, 2.75) is 205 Å². The molecule has 0 radical (unpaired) electrons. The molecule has 1 N–H and O–H groups in total. The van der Waals surface area contributed by atoms with Gasteiger partial charge in [0.2, 0.25) is 6.29 Å². The summed E-state index contributed by atoms with van der Waals surface area (Å²) in [7, 11) is 0. The van der Waals surface area contributed by atoms with Gasteiger partial charge in [0, 0.05) is 19.3 Å². The first-order valence-electron chi connectivity index (χ1n) is 22.4. The Hall–Kier alpha value is -2.73. The third kappa shape index (κ3) is 7.72. The topological polar surface area (TPSA) is 161 Å². The SMILES string of the molecule is CCC(C)(CC(C)(CC(C)(C)C(=O)OC1CC(=O)OC1(C)C)C(=O)OC12CC3CC(CC(O)(C3)C1)C2)C(=O)OC12CC3CC(C1)CC(C(=O)OC1CCCCO1)(C3)C2. The van der Waals surface area contributed by atoms with Crippen molar-refractivity contribution in [3.8, 4) is 0 Å². The van der Waals surface area contributed by atoms with E-state index in [1.54, 1.807) is 34.6 Å². The molecular formula is C46H68O12. The Bertz CT molecular complexity index is 1660. The van der Waals surface area contributed by atoms with Gasteiger partial charge < -0.3 is 33.5 Å². The maximum Gasteiger partial charge on any atom is 0.314 e. The second-order valence-corrected chi connectivity index (χ2v) is 22.7. The van der Waals surface area contributed by atoms with Gasteiger partial charge in [-0.2, -0.15) is 0 Å². The monoisotopic (exact) mass is 812 g/mol. The van der Waals surface area contributed by atoms with Crippen molar-refractivity contribution in [3.05, 3.63) is 0 Å². The highest BCUT2D eigenvalue weighted by molar-refractivity contribution is 5.84. The predicted octanol–water partition coefficient (Wildman–Crippen LogP) is 7.43. The van der Waals surface area contributed by atoms with Crippen molar-refractivity contribution in [2.24, 2.45) is 45.3 Å². The average Bonchev–Trinajstić information content (AvgIpc) is 3.35. The van der Waals surface area contributed by atoms with E-state index in [-0.39, 0.29) is 48.9 Å². The van der Waals surface area contributed by atoms with Crippen molar-refractivity contribution in [3.63, 3.8) is 0 Å². The Morgan fingerprint density at radius 2 is 1.31 bits per heavy atom. The summed E-state index contributed by atoms with van der Waals surface area (Å²) in [5, 5.41) is 11.5. The summed E-state index contributed by atoms with van der Waals surface area (Å²) in [5.41, 5.74) is -7.94. The molecule has 0 spiro atoms. The lowest BCUT2D eigenvalue weighted by Gasteiger charge is -2.60. The standard InChI is InChI=1S/C46H68O12/c1-8-41(6,36(49)57-45-20-28-13-29(21-45)17-43(16-28,26-45)38(51)55-34-11-9-10-12-53-34)25-42(7,24-39(2,3)35(48)54-32-15-33(47)56-40(32,4)5)37(50)58-46-22-30-14-31(23-46)19-44(52,18-30)27-46/h28-32,34,52H,8-27H2,1-7H3. The van der Waals surface area contributed by atoms with Gasteiger partial charge in [-0.15, -0.1) is 0 Å². The lowest BCUT2D eigenvalue weighted by Crippen LogP contribution is -2.61. The van der Waals surface area contributed by atoms with Gasteiger partial charge in [-0.1, -0.05) is 6.92 Å². The van der Waals surface area contributed by atoms with Gasteiger partial charge in [0.25, 0.3) is 0 Å². The molecule has 8 aliphatic carbocycles. The fraction of sp³-hybridized carbons (Fsp3) is 0.891. The van der Waals surface area contributed by atoms with E-state index in [0.717, 1.165) is 51.4 Å². The maximum absolute atomic E-state index is 15.0. The largest absolute Gasteiger partial charge is 0.459 e. The van der Waals surface area contributed by atoms with Crippen LogP contribution in [0.2, 0.25) is 0 Å². The zero-order chi connectivity index (χ0) is 41.7. The third-order valence-electron chi connectivity index (χ3n) is 16.1. The molecule has 2 aliphatic heterocycles. The van der Waals surface area contributed by atoms with E-state index in [9.17, 15) is 24.3 Å². The number of cyclic esters (lactones) is 1. The first-order chi connectivity index (χ1) is 27.0. The predicted molar refractivity (Wildman–Crippen MR) is 208 cm³/mol. The highest BCUT2D eigenvalue weighted by atomic mass is 16.7. The first kappa shape index (κ1) is 42.0. The minimum absolute atomic E-state index is 0.00315. The zero-order valence-corrected chi connectivity index (χ0v) is 36.0. The van der Waals surface area contributed by atoms with E-state index in [1.165, 1.54) is 0 Å². The molecule has 2 saturated heterocycles. The van der Waals surface area contributed by atoms with Crippen LogP contribution >= 0.6 is 0 Å². The molecular weight excluding hydrogens is 744 g/mol. The summed E-state index contributed by atoms with van der Waals surface area (Å²) in [5.74, 6) is -1.10. The molecule has 8 bridgehead atoms. The van der Waals surface area contributed by atoms with Crippen molar-refractivity contribution >= 4 is 29.8 Å². The second-order valence-electron chi connectivity index (χ2n) is 22.7. The summed E-state index contributed by atoms with van der Waals surface area (Å²) in [6.45, 7) is 13.0. The van der Waals surface area contributed by atoms with Gasteiger partial charge in [-0.25, -0.2) is 0 Å². The van der Waals surface area contributed by atoms with Crippen LogP contribution in [-0.4, -0.2) is 76.4 Å². The van der Waals surface area contributed by atoms with Gasteiger partial charge in [-0.3, -0.25) is 24.0 Å². The second kappa shape index (κ2) is 14.2. The highest BCUT2D eigenvalue weighted by Crippen LogP contribution is 2.64. The van der Waals surface area contributed by atoms with E-state index in [4.69, 9.17) is 28.4 Å². The van der Waals surface area contributed by atoms with Crippen LogP contribution in [-0.2, 0) is 52.4 Å². The molecule has 0 aromatic rings. The Kier molecular flexibility index (Phi) is 10.3. The molecule has 12 heteroatoms. The molecule has 0 amide bonds. The zero-order valence-electron chi connectivity index (χ0n) is 36.0. The minimum Gasteiger partial charge on any atom is -0.459 e.